The number of esters is 1. The lowest BCUT2D eigenvalue weighted by Gasteiger charge is -2.36. The molecule has 0 spiro atoms. The van der Waals surface area contributed by atoms with Crippen molar-refractivity contribution < 1.29 is 14.3 Å². The number of piperidine rings is 1. The zero-order valence-electron chi connectivity index (χ0n) is 18.4. The molecular weight excluding hydrogens is 382 g/mol. The third-order valence-corrected chi connectivity index (χ3v) is 6.12. The molecule has 168 valence electrons. The molecule has 30 heavy (non-hydrogen) atoms. The molecule has 0 saturated carbocycles. The highest BCUT2D eigenvalue weighted by atomic mass is 16.5. The third kappa shape index (κ3) is 6.99. The van der Waals surface area contributed by atoms with E-state index in [0.717, 1.165) is 52.4 Å². The summed E-state index contributed by atoms with van der Waals surface area (Å²) in [6.07, 6.45) is 6.11. The average molecular weight is 420 g/mol. The number of ether oxygens (including phenoxy) is 2. The Hall–Kier alpha value is -1.58. The van der Waals surface area contributed by atoms with E-state index in [0.29, 0.717) is 12.5 Å². The summed E-state index contributed by atoms with van der Waals surface area (Å²) in [6, 6.07) is 3.86. The molecule has 8 heteroatoms. The van der Waals surface area contributed by atoms with Gasteiger partial charge in [-0.15, -0.1) is 0 Å². The Kier molecular flexibility index (Phi) is 9.48. The molecule has 0 aromatic carbocycles. The van der Waals surface area contributed by atoms with Gasteiger partial charge in [-0.2, -0.15) is 0 Å². The van der Waals surface area contributed by atoms with Gasteiger partial charge in [0.05, 0.1) is 13.2 Å². The first-order chi connectivity index (χ1) is 14.7. The maximum atomic E-state index is 12.3. The zero-order chi connectivity index (χ0) is 21.2. The van der Waals surface area contributed by atoms with Gasteiger partial charge in [-0.3, -0.25) is 20.1 Å². The van der Waals surface area contributed by atoms with Crippen molar-refractivity contribution in [3.63, 3.8) is 0 Å². The molecule has 2 saturated heterocycles. The average Bonchev–Trinajstić information content (AvgIpc) is 3.22. The molecule has 1 aromatic rings. The van der Waals surface area contributed by atoms with E-state index in [-0.39, 0.29) is 17.9 Å². The summed E-state index contributed by atoms with van der Waals surface area (Å²) in [7, 11) is 1.76. The summed E-state index contributed by atoms with van der Waals surface area (Å²) in [6.45, 7) is 9.90. The first-order valence-electron chi connectivity index (χ1n) is 11.2. The fraction of sp³-hybridized carbons (Fsp3) is 0.727. The summed E-state index contributed by atoms with van der Waals surface area (Å²) in [5, 5.41) is 0. The predicted molar refractivity (Wildman–Crippen MR) is 116 cm³/mol. The maximum absolute atomic E-state index is 12.3. The molecule has 1 aromatic heterocycles. The number of hydrogen-bond acceptors (Lipinski definition) is 8. The minimum absolute atomic E-state index is 0.164. The topological polar surface area (TPSA) is 79.0 Å². The molecule has 2 aliphatic heterocycles. The van der Waals surface area contributed by atoms with Gasteiger partial charge in [0.25, 0.3) is 0 Å². The van der Waals surface area contributed by atoms with Crippen LogP contribution in [0.4, 0.5) is 0 Å². The van der Waals surface area contributed by atoms with E-state index in [1.165, 1.54) is 18.4 Å². The number of pyridine rings is 1. The number of rotatable bonds is 11. The predicted octanol–water partition coefficient (Wildman–Crippen LogP) is 0.898. The number of likely N-dealkylation sites (tertiary alicyclic amines) is 1. The number of carbonyl (C=O) groups is 1. The van der Waals surface area contributed by atoms with Crippen LogP contribution in [0.3, 0.4) is 0 Å². The Morgan fingerprint density at radius 2 is 2.03 bits per heavy atom. The van der Waals surface area contributed by atoms with Crippen LogP contribution in [0, 0.1) is 11.8 Å². The van der Waals surface area contributed by atoms with E-state index in [1.54, 1.807) is 7.11 Å². The van der Waals surface area contributed by atoms with Crippen LogP contribution in [0.5, 0.6) is 0 Å². The highest BCUT2D eigenvalue weighted by Gasteiger charge is 2.35. The molecule has 2 N–H and O–H groups in total. The van der Waals surface area contributed by atoms with Crippen molar-refractivity contribution in [1.82, 2.24) is 25.6 Å². The molecule has 2 fully saturated rings. The van der Waals surface area contributed by atoms with Gasteiger partial charge in [0.1, 0.15) is 6.04 Å². The van der Waals surface area contributed by atoms with Crippen molar-refractivity contribution in [3.05, 3.63) is 30.1 Å². The largest absolute Gasteiger partial charge is 0.465 e. The minimum Gasteiger partial charge on any atom is -0.465 e. The number of nitrogens with zero attached hydrogens (tertiary/aromatic N) is 3. The van der Waals surface area contributed by atoms with Crippen LogP contribution < -0.4 is 10.9 Å². The van der Waals surface area contributed by atoms with Crippen molar-refractivity contribution in [3.8, 4) is 0 Å². The quantitative estimate of drug-likeness (QED) is 0.512. The van der Waals surface area contributed by atoms with E-state index in [4.69, 9.17) is 9.47 Å². The first kappa shape index (κ1) is 23.1. The normalized spacial score (nSPS) is 23.2. The van der Waals surface area contributed by atoms with Crippen LogP contribution in [-0.2, 0) is 20.8 Å². The summed E-state index contributed by atoms with van der Waals surface area (Å²) in [5.74, 6) is 0.699. The van der Waals surface area contributed by atoms with Crippen molar-refractivity contribution in [2.75, 3.05) is 59.6 Å². The van der Waals surface area contributed by atoms with Gasteiger partial charge in [0.15, 0.2) is 0 Å². The number of nitrogens with one attached hydrogen (secondary N) is 2. The maximum Gasteiger partial charge on any atom is 0.324 e. The molecule has 0 bridgehead atoms. The van der Waals surface area contributed by atoms with Crippen LogP contribution in [0.25, 0.3) is 0 Å². The fourth-order valence-electron chi connectivity index (χ4n) is 4.45. The minimum atomic E-state index is -0.291. The van der Waals surface area contributed by atoms with Gasteiger partial charge >= 0.3 is 5.97 Å². The lowest BCUT2D eigenvalue weighted by atomic mass is 9.94. The summed E-state index contributed by atoms with van der Waals surface area (Å²) >= 11 is 0. The monoisotopic (exact) mass is 419 g/mol. The van der Waals surface area contributed by atoms with E-state index >= 15 is 0 Å². The lowest BCUT2D eigenvalue weighted by molar-refractivity contribution is -0.146. The Morgan fingerprint density at radius 3 is 2.73 bits per heavy atom. The van der Waals surface area contributed by atoms with E-state index in [2.05, 4.69) is 37.8 Å². The molecule has 0 radical (unpaired) electrons. The number of methoxy groups -OCH3 is 1. The molecular formula is C22H37N5O3. The SMILES string of the molecule is CCOC(=O)C1NNCC1CN(Cc1ccncc1)CC1CCN(CCOC)CC1. The highest BCUT2D eigenvalue weighted by Crippen LogP contribution is 2.21. The van der Waals surface area contributed by atoms with E-state index < -0.39 is 0 Å². The van der Waals surface area contributed by atoms with Gasteiger partial charge in [0.2, 0.25) is 0 Å². The van der Waals surface area contributed by atoms with Gasteiger partial charge in [-0.25, -0.2) is 5.43 Å². The molecule has 2 atom stereocenters. The molecule has 2 unspecified atom stereocenters. The molecule has 0 aliphatic carbocycles. The molecule has 2 aliphatic rings. The van der Waals surface area contributed by atoms with Crippen molar-refractivity contribution in [2.45, 2.75) is 32.4 Å². The summed E-state index contributed by atoms with van der Waals surface area (Å²) < 4.78 is 10.5. The Morgan fingerprint density at radius 1 is 1.27 bits per heavy atom. The molecule has 3 rings (SSSR count). The van der Waals surface area contributed by atoms with Crippen LogP contribution >= 0.6 is 0 Å². The van der Waals surface area contributed by atoms with Gasteiger partial charge < -0.3 is 14.4 Å². The van der Waals surface area contributed by atoms with Crippen molar-refractivity contribution in [2.24, 2.45) is 11.8 Å². The zero-order valence-corrected chi connectivity index (χ0v) is 18.4. The van der Waals surface area contributed by atoms with Crippen LogP contribution in [0.2, 0.25) is 0 Å². The number of carbonyl (C=O) groups excluding carboxylic acids is 1. The van der Waals surface area contributed by atoms with E-state index in [1.807, 2.05) is 19.3 Å². The highest BCUT2D eigenvalue weighted by molar-refractivity contribution is 5.76. The van der Waals surface area contributed by atoms with Crippen molar-refractivity contribution in [1.29, 1.82) is 0 Å². The van der Waals surface area contributed by atoms with Crippen LogP contribution in [0.15, 0.2) is 24.5 Å². The summed E-state index contributed by atoms with van der Waals surface area (Å²) in [5.41, 5.74) is 7.52. The van der Waals surface area contributed by atoms with Crippen LogP contribution in [0.1, 0.15) is 25.3 Å². The Bertz CT molecular complexity index is 624. The van der Waals surface area contributed by atoms with Crippen molar-refractivity contribution >= 4 is 5.97 Å². The second kappa shape index (κ2) is 12.3. The van der Waals surface area contributed by atoms with E-state index in [9.17, 15) is 4.79 Å². The summed E-state index contributed by atoms with van der Waals surface area (Å²) in [4.78, 5) is 21.5. The second-order valence-electron chi connectivity index (χ2n) is 8.34. The molecule has 8 nitrogen and oxygen atoms in total. The second-order valence-corrected chi connectivity index (χ2v) is 8.34. The molecule has 0 amide bonds. The Labute approximate surface area is 180 Å². The lowest BCUT2D eigenvalue weighted by Crippen LogP contribution is -2.45. The molecule has 3 heterocycles. The number of hydrazine groups is 1. The third-order valence-electron chi connectivity index (χ3n) is 6.12. The Balaban J connectivity index is 1.59. The smallest absolute Gasteiger partial charge is 0.324 e. The number of hydrogen-bond donors (Lipinski definition) is 2. The van der Waals surface area contributed by atoms with Gasteiger partial charge in [-0.05, 0) is 56.5 Å². The van der Waals surface area contributed by atoms with Gasteiger partial charge in [-0.1, -0.05) is 0 Å². The van der Waals surface area contributed by atoms with Crippen LogP contribution in [-0.4, -0.2) is 86.4 Å². The van der Waals surface area contributed by atoms with Gasteiger partial charge in [0, 0.05) is 58.1 Å². The fourth-order valence-corrected chi connectivity index (χ4v) is 4.45. The first-order valence-corrected chi connectivity index (χ1v) is 11.2. The standard InChI is InChI=1S/C22H37N5O3/c1-3-30-22(28)21-20(14-24-25-21)17-27(15-18-4-8-23-9-5-18)16-19-6-10-26(11-7-19)12-13-29-2/h4-5,8-9,19-21,24-25H,3,6-7,10-17H2,1-2H3. The number of aromatic nitrogens is 1.